The zero-order chi connectivity index (χ0) is 15.4. The summed E-state index contributed by atoms with van der Waals surface area (Å²) in [4.78, 5) is 10.2. The molecule has 1 aromatic carbocycles. The van der Waals surface area contributed by atoms with Gasteiger partial charge in [0, 0.05) is 26.0 Å². The molecule has 5 heteroatoms. The molecule has 22 heavy (non-hydrogen) atoms. The number of aromatic nitrogens is 3. The molecule has 0 aliphatic carbocycles. The third-order valence-corrected chi connectivity index (χ3v) is 3.47. The van der Waals surface area contributed by atoms with Crippen LogP contribution in [0.4, 0.5) is 10.2 Å². The number of hydrogen-bond acceptors (Lipinski definition) is 3. The van der Waals surface area contributed by atoms with E-state index >= 15 is 0 Å². The molecule has 2 aromatic heterocycles. The minimum absolute atomic E-state index is 0.475. The van der Waals surface area contributed by atoms with Crippen LogP contribution >= 0.6 is 0 Å². The largest absolute Gasteiger partial charge is 0.352 e. The van der Waals surface area contributed by atoms with Crippen molar-refractivity contribution < 1.29 is 4.39 Å². The van der Waals surface area contributed by atoms with Crippen LogP contribution in [0.15, 0.2) is 60.9 Å². The van der Waals surface area contributed by atoms with Gasteiger partial charge >= 0.3 is 0 Å². The van der Waals surface area contributed by atoms with Gasteiger partial charge in [0.05, 0.1) is 6.54 Å². The van der Waals surface area contributed by atoms with E-state index in [9.17, 15) is 4.39 Å². The fraction of sp³-hybridized carbons (Fsp3) is 0.176. The molecule has 0 unspecified atom stereocenters. The monoisotopic (exact) mass is 296 g/mol. The van der Waals surface area contributed by atoms with E-state index < -0.39 is 5.95 Å². The minimum Gasteiger partial charge on any atom is -0.352 e. The second-order valence-corrected chi connectivity index (χ2v) is 5.13. The highest BCUT2D eigenvalue weighted by Gasteiger charge is 2.09. The number of hydrogen-bond donors (Lipinski definition) is 0. The Morgan fingerprint density at radius 3 is 2.68 bits per heavy atom. The van der Waals surface area contributed by atoms with E-state index in [0.29, 0.717) is 12.4 Å². The summed E-state index contributed by atoms with van der Waals surface area (Å²) in [5.74, 6) is 1.03. The topological polar surface area (TPSA) is 34.0 Å². The summed E-state index contributed by atoms with van der Waals surface area (Å²) < 4.78 is 15.3. The maximum atomic E-state index is 13.2. The van der Waals surface area contributed by atoms with Crippen molar-refractivity contribution in [3.05, 3.63) is 78.3 Å². The fourth-order valence-electron chi connectivity index (χ4n) is 2.32. The molecule has 0 radical (unpaired) electrons. The van der Waals surface area contributed by atoms with Gasteiger partial charge in [-0.05, 0) is 17.7 Å². The lowest BCUT2D eigenvalue weighted by Gasteiger charge is -2.18. The van der Waals surface area contributed by atoms with Crippen LogP contribution in [0.1, 0.15) is 11.4 Å². The van der Waals surface area contributed by atoms with Crippen molar-refractivity contribution in [2.24, 2.45) is 0 Å². The molecule has 2 heterocycles. The minimum atomic E-state index is -0.475. The van der Waals surface area contributed by atoms with E-state index in [2.05, 4.69) is 26.7 Å². The molecule has 0 saturated heterocycles. The first-order valence-electron chi connectivity index (χ1n) is 7.10. The summed E-state index contributed by atoms with van der Waals surface area (Å²) >= 11 is 0. The van der Waals surface area contributed by atoms with E-state index in [1.54, 1.807) is 18.3 Å². The summed E-state index contributed by atoms with van der Waals surface area (Å²) in [6, 6.07) is 15.0. The standard InChI is InChI=1S/C17H17FN4/c1-21(16-9-5-8-15(18)20-16)13-17-19-10-11-22(17)12-14-6-3-2-4-7-14/h2-11H,12-13H2,1H3. The quantitative estimate of drug-likeness (QED) is 0.678. The Hall–Kier alpha value is -2.69. The van der Waals surface area contributed by atoms with Crippen molar-refractivity contribution in [2.45, 2.75) is 13.1 Å². The Kier molecular flexibility index (Phi) is 4.14. The number of rotatable bonds is 5. The predicted molar refractivity (Wildman–Crippen MR) is 84.1 cm³/mol. The molecule has 112 valence electrons. The molecular weight excluding hydrogens is 279 g/mol. The number of nitrogens with zero attached hydrogens (tertiary/aromatic N) is 4. The highest BCUT2D eigenvalue weighted by Crippen LogP contribution is 2.13. The zero-order valence-electron chi connectivity index (χ0n) is 12.4. The molecule has 0 atom stereocenters. The van der Waals surface area contributed by atoms with Crippen molar-refractivity contribution in [1.82, 2.24) is 14.5 Å². The first-order chi connectivity index (χ1) is 10.7. The first kappa shape index (κ1) is 14.3. The normalized spacial score (nSPS) is 10.6. The second kappa shape index (κ2) is 6.39. The van der Waals surface area contributed by atoms with Crippen LogP contribution in [-0.4, -0.2) is 21.6 Å². The number of imidazole rings is 1. The summed E-state index contributed by atoms with van der Waals surface area (Å²) in [5.41, 5.74) is 1.22. The molecule has 0 amide bonds. The molecule has 4 nitrogen and oxygen atoms in total. The smallest absolute Gasteiger partial charge is 0.214 e. The van der Waals surface area contributed by atoms with E-state index in [4.69, 9.17) is 0 Å². The highest BCUT2D eigenvalue weighted by atomic mass is 19.1. The highest BCUT2D eigenvalue weighted by molar-refractivity contribution is 5.36. The van der Waals surface area contributed by atoms with Gasteiger partial charge in [-0.1, -0.05) is 36.4 Å². The average Bonchev–Trinajstić information content (AvgIpc) is 2.95. The van der Waals surface area contributed by atoms with Crippen LogP contribution in [0.25, 0.3) is 0 Å². The summed E-state index contributed by atoms with van der Waals surface area (Å²) in [6.45, 7) is 1.33. The third-order valence-electron chi connectivity index (χ3n) is 3.47. The molecule has 0 aliphatic rings. The number of benzene rings is 1. The molecule has 3 aromatic rings. The van der Waals surface area contributed by atoms with E-state index in [-0.39, 0.29) is 0 Å². The van der Waals surface area contributed by atoms with E-state index in [1.165, 1.54) is 11.6 Å². The van der Waals surface area contributed by atoms with Crippen LogP contribution < -0.4 is 4.90 Å². The summed E-state index contributed by atoms with van der Waals surface area (Å²) in [7, 11) is 1.88. The molecule has 0 saturated carbocycles. The second-order valence-electron chi connectivity index (χ2n) is 5.13. The molecule has 0 bridgehead atoms. The summed E-state index contributed by atoms with van der Waals surface area (Å²) in [5, 5.41) is 0. The van der Waals surface area contributed by atoms with Crippen LogP contribution in [-0.2, 0) is 13.1 Å². The molecular formula is C17H17FN4. The van der Waals surface area contributed by atoms with Crippen LogP contribution in [0.2, 0.25) is 0 Å². The van der Waals surface area contributed by atoms with E-state index in [1.807, 2.05) is 36.3 Å². The maximum absolute atomic E-state index is 13.2. The van der Waals surface area contributed by atoms with Crippen molar-refractivity contribution >= 4 is 5.82 Å². The number of halogens is 1. The Morgan fingerprint density at radius 1 is 1.09 bits per heavy atom. The Bertz CT molecular complexity index is 739. The first-order valence-corrected chi connectivity index (χ1v) is 7.10. The maximum Gasteiger partial charge on any atom is 0.214 e. The van der Waals surface area contributed by atoms with Crippen LogP contribution in [0, 0.1) is 5.95 Å². The molecule has 0 fully saturated rings. The summed E-state index contributed by atoms with van der Waals surface area (Å²) in [6.07, 6.45) is 3.74. The SMILES string of the molecule is CN(Cc1nccn1Cc1ccccc1)c1cccc(F)n1. The van der Waals surface area contributed by atoms with Gasteiger partial charge in [0.1, 0.15) is 11.6 Å². The third kappa shape index (κ3) is 3.31. The lowest BCUT2D eigenvalue weighted by Crippen LogP contribution is -2.21. The van der Waals surface area contributed by atoms with Crippen LogP contribution in [0.5, 0.6) is 0 Å². The van der Waals surface area contributed by atoms with Gasteiger partial charge in [0.2, 0.25) is 5.95 Å². The van der Waals surface area contributed by atoms with Crippen molar-refractivity contribution in [3.63, 3.8) is 0 Å². The van der Waals surface area contributed by atoms with Gasteiger partial charge in [-0.2, -0.15) is 4.39 Å². The average molecular weight is 296 g/mol. The van der Waals surface area contributed by atoms with Crippen molar-refractivity contribution in [3.8, 4) is 0 Å². The zero-order valence-corrected chi connectivity index (χ0v) is 12.4. The molecule has 3 rings (SSSR count). The van der Waals surface area contributed by atoms with E-state index in [0.717, 1.165) is 12.4 Å². The van der Waals surface area contributed by atoms with Crippen molar-refractivity contribution in [2.75, 3.05) is 11.9 Å². The Labute approximate surface area is 128 Å². The molecule has 0 spiro atoms. The van der Waals surface area contributed by atoms with Gasteiger partial charge in [-0.3, -0.25) is 0 Å². The van der Waals surface area contributed by atoms with Gasteiger partial charge in [0.25, 0.3) is 0 Å². The number of pyridine rings is 1. The van der Waals surface area contributed by atoms with Crippen LogP contribution in [0.3, 0.4) is 0 Å². The lowest BCUT2D eigenvalue weighted by molar-refractivity contribution is 0.581. The Morgan fingerprint density at radius 2 is 1.91 bits per heavy atom. The predicted octanol–water partition coefficient (Wildman–Crippen LogP) is 3.10. The van der Waals surface area contributed by atoms with Gasteiger partial charge in [-0.25, -0.2) is 9.97 Å². The van der Waals surface area contributed by atoms with Gasteiger partial charge in [0.15, 0.2) is 0 Å². The van der Waals surface area contributed by atoms with Gasteiger partial charge < -0.3 is 9.47 Å². The lowest BCUT2D eigenvalue weighted by atomic mass is 10.2. The molecule has 0 aliphatic heterocycles. The Balaban J connectivity index is 1.75. The number of anilines is 1. The van der Waals surface area contributed by atoms with Crippen molar-refractivity contribution in [1.29, 1.82) is 0 Å². The fourth-order valence-corrected chi connectivity index (χ4v) is 2.32. The molecule has 0 N–H and O–H groups in total. The van der Waals surface area contributed by atoms with Gasteiger partial charge in [-0.15, -0.1) is 0 Å².